The van der Waals surface area contributed by atoms with Crippen LogP contribution in [0.1, 0.15) is 16.0 Å². The second-order valence-electron chi connectivity index (χ2n) is 5.83. The maximum absolute atomic E-state index is 10.7. The number of benzene rings is 2. The fourth-order valence-electron chi connectivity index (χ4n) is 2.77. The van der Waals surface area contributed by atoms with Gasteiger partial charge < -0.3 is 5.11 Å². The van der Waals surface area contributed by atoms with E-state index in [1.54, 1.807) is 10.6 Å². The number of para-hydroxylation sites is 2. The van der Waals surface area contributed by atoms with Crippen molar-refractivity contribution in [1.82, 2.24) is 4.57 Å². The first kappa shape index (κ1) is 15.9. The Bertz CT molecular complexity index is 1170. The van der Waals surface area contributed by atoms with Crippen molar-refractivity contribution in [2.45, 2.75) is 13.8 Å². The standard InChI is InChI=1S/C19H15N3OS2/c1-11-6-5-9-15(12(11)2)22-18(23)16(25-19(22)24)10-17-20-13-7-3-4-8-14(13)21-17/h3-10,23H,1-2H3. The van der Waals surface area contributed by atoms with Gasteiger partial charge in [0.2, 0.25) is 5.88 Å². The predicted octanol–water partition coefficient (Wildman–Crippen LogP) is 3.84. The van der Waals surface area contributed by atoms with Gasteiger partial charge in [-0.1, -0.05) is 24.3 Å². The van der Waals surface area contributed by atoms with Crippen LogP contribution in [0.3, 0.4) is 0 Å². The van der Waals surface area contributed by atoms with Gasteiger partial charge in [0.15, 0.2) is 9.78 Å². The van der Waals surface area contributed by atoms with Crippen molar-refractivity contribution in [2.75, 3.05) is 0 Å². The number of hydrogen-bond donors (Lipinski definition) is 1. The molecule has 0 atom stereocenters. The van der Waals surface area contributed by atoms with Gasteiger partial charge >= 0.3 is 0 Å². The Kier molecular flexibility index (Phi) is 3.86. The lowest BCUT2D eigenvalue weighted by Crippen LogP contribution is -2.19. The van der Waals surface area contributed by atoms with E-state index in [2.05, 4.69) is 9.98 Å². The van der Waals surface area contributed by atoms with Gasteiger partial charge in [-0.15, -0.1) is 11.3 Å². The van der Waals surface area contributed by atoms with Gasteiger partial charge in [-0.25, -0.2) is 9.98 Å². The maximum Gasteiger partial charge on any atom is 0.215 e. The highest BCUT2D eigenvalue weighted by atomic mass is 32.1. The van der Waals surface area contributed by atoms with E-state index in [0.29, 0.717) is 14.7 Å². The van der Waals surface area contributed by atoms with Crippen molar-refractivity contribution >= 4 is 29.6 Å². The number of thiazole rings is 1. The van der Waals surface area contributed by atoms with Crippen LogP contribution in [-0.2, 0) is 0 Å². The molecule has 2 aromatic carbocycles. The van der Waals surface area contributed by atoms with Crippen LogP contribution in [0, 0.1) is 17.8 Å². The summed E-state index contributed by atoms with van der Waals surface area (Å²) in [6.07, 6.45) is 1.78. The van der Waals surface area contributed by atoms with Gasteiger partial charge in [0.25, 0.3) is 0 Å². The smallest absolute Gasteiger partial charge is 0.215 e. The quantitative estimate of drug-likeness (QED) is 0.702. The number of rotatable bonds is 2. The van der Waals surface area contributed by atoms with Crippen LogP contribution in [0.4, 0.5) is 0 Å². The molecule has 1 aliphatic heterocycles. The molecule has 0 saturated heterocycles. The summed E-state index contributed by atoms with van der Waals surface area (Å²) >= 11 is 6.83. The lowest BCUT2D eigenvalue weighted by Gasteiger charge is -2.10. The molecular weight excluding hydrogens is 350 g/mol. The molecule has 1 N–H and O–H groups in total. The Morgan fingerprint density at radius 3 is 2.40 bits per heavy atom. The second kappa shape index (κ2) is 6.06. The number of fused-ring (bicyclic) bond motifs is 1. The summed E-state index contributed by atoms with van der Waals surface area (Å²) in [5.41, 5.74) is 3.14. The van der Waals surface area contributed by atoms with Crippen molar-refractivity contribution in [3.8, 4) is 11.6 Å². The van der Waals surface area contributed by atoms with E-state index in [4.69, 9.17) is 12.2 Å². The van der Waals surface area contributed by atoms with Crippen LogP contribution < -0.4 is 10.7 Å². The third-order valence-corrected chi connectivity index (χ3v) is 5.55. The summed E-state index contributed by atoms with van der Waals surface area (Å²) in [6, 6.07) is 13.7. The second-order valence-corrected chi connectivity index (χ2v) is 7.50. The van der Waals surface area contributed by atoms with Crippen LogP contribution in [0.15, 0.2) is 58.3 Å². The minimum Gasteiger partial charge on any atom is -0.493 e. The molecule has 0 bridgehead atoms. The molecule has 0 amide bonds. The monoisotopic (exact) mass is 365 g/mol. The predicted molar refractivity (Wildman–Crippen MR) is 102 cm³/mol. The number of aryl methyl sites for hydroxylation is 1. The Hall–Kier alpha value is -2.57. The number of aromatic nitrogens is 1. The normalized spacial score (nSPS) is 12.5. The molecule has 4 rings (SSSR count). The Labute approximate surface area is 153 Å². The molecule has 1 aromatic heterocycles. The zero-order valence-electron chi connectivity index (χ0n) is 13.7. The maximum atomic E-state index is 10.7. The summed E-state index contributed by atoms with van der Waals surface area (Å²) in [7, 11) is 0. The molecule has 2 heterocycles. The lowest BCUT2D eigenvalue weighted by molar-refractivity contribution is 0.441. The number of aromatic hydroxyl groups is 1. The van der Waals surface area contributed by atoms with Crippen LogP contribution in [0.5, 0.6) is 5.88 Å². The third-order valence-electron chi connectivity index (χ3n) is 4.24. The first-order valence-corrected chi connectivity index (χ1v) is 9.02. The molecule has 0 saturated carbocycles. The third kappa shape index (κ3) is 2.73. The van der Waals surface area contributed by atoms with Crippen LogP contribution in [0.25, 0.3) is 11.8 Å². The molecule has 0 unspecified atom stereocenters. The van der Waals surface area contributed by atoms with E-state index >= 15 is 0 Å². The molecule has 25 heavy (non-hydrogen) atoms. The Balaban J connectivity index is 1.85. The summed E-state index contributed by atoms with van der Waals surface area (Å²) < 4.78 is 2.30. The van der Waals surface area contributed by atoms with E-state index in [-0.39, 0.29) is 5.88 Å². The SMILES string of the molecule is Cc1cccc(-n2c(O)c(C=C3N=c4ccccc4=N3)sc2=S)c1C. The molecule has 1 aliphatic rings. The fourth-order valence-corrected chi connectivity index (χ4v) is 4.04. The number of nitrogens with zero attached hydrogens (tertiary/aromatic N) is 3. The Morgan fingerprint density at radius 2 is 1.72 bits per heavy atom. The highest BCUT2D eigenvalue weighted by Gasteiger charge is 2.15. The molecule has 3 aromatic rings. The minimum atomic E-state index is 0.123. The van der Waals surface area contributed by atoms with Crippen molar-refractivity contribution in [2.24, 2.45) is 9.98 Å². The van der Waals surface area contributed by atoms with Gasteiger partial charge in [0.1, 0.15) is 0 Å². The summed E-state index contributed by atoms with van der Waals surface area (Å²) in [5, 5.41) is 12.4. The summed E-state index contributed by atoms with van der Waals surface area (Å²) in [5.74, 6) is 0.693. The van der Waals surface area contributed by atoms with Crippen LogP contribution in [0.2, 0.25) is 0 Å². The summed E-state index contributed by atoms with van der Waals surface area (Å²) in [4.78, 5) is 9.61. The molecule has 0 fully saturated rings. The van der Waals surface area contributed by atoms with Crippen molar-refractivity contribution in [1.29, 1.82) is 0 Å². The lowest BCUT2D eigenvalue weighted by atomic mass is 10.1. The van der Waals surface area contributed by atoms with E-state index in [1.807, 2.05) is 56.3 Å². The first-order valence-electron chi connectivity index (χ1n) is 7.80. The minimum absolute atomic E-state index is 0.123. The van der Waals surface area contributed by atoms with Gasteiger partial charge in [0, 0.05) is 6.08 Å². The first-order chi connectivity index (χ1) is 12.0. The zero-order chi connectivity index (χ0) is 17.6. The van der Waals surface area contributed by atoms with Crippen molar-refractivity contribution < 1.29 is 5.11 Å². The molecule has 0 spiro atoms. The van der Waals surface area contributed by atoms with Crippen LogP contribution in [-0.4, -0.2) is 9.67 Å². The highest BCUT2D eigenvalue weighted by molar-refractivity contribution is 7.73. The van der Waals surface area contributed by atoms with Crippen molar-refractivity contribution in [3.05, 3.63) is 79.0 Å². The molecule has 0 radical (unpaired) electrons. The van der Waals surface area contributed by atoms with Crippen molar-refractivity contribution in [3.63, 3.8) is 0 Å². The van der Waals surface area contributed by atoms with Gasteiger partial charge in [-0.3, -0.25) is 4.57 Å². The largest absolute Gasteiger partial charge is 0.493 e. The van der Waals surface area contributed by atoms with E-state index in [9.17, 15) is 5.11 Å². The fraction of sp³-hybridized carbons (Fsp3) is 0.105. The van der Waals surface area contributed by atoms with Gasteiger partial charge in [-0.2, -0.15) is 0 Å². The average Bonchev–Trinajstić information content (AvgIpc) is 3.11. The van der Waals surface area contributed by atoms with Crippen LogP contribution >= 0.6 is 23.6 Å². The number of hydrogen-bond acceptors (Lipinski definition) is 5. The topological polar surface area (TPSA) is 49.9 Å². The molecule has 6 heteroatoms. The highest BCUT2D eigenvalue weighted by Crippen LogP contribution is 2.33. The molecule has 124 valence electrons. The zero-order valence-corrected chi connectivity index (χ0v) is 15.4. The van der Waals surface area contributed by atoms with E-state index < -0.39 is 0 Å². The molecule has 4 nitrogen and oxygen atoms in total. The van der Waals surface area contributed by atoms with E-state index in [0.717, 1.165) is 27.5 Å². The van der Waals surface area contributed by atoms with E-state index in [1.165, 1.54) is 11.3 Å². The summed E-state index contributed by atoms with van der Waals surface area (Å²) in [6.45, 7) is 4.07. The van der Waals surface area contributed by atoms with Gasteiger partial charge in [0.05, 0.1) is 21.3 Å². The van der Waals surface area contributed by atoms with Gasteiger partial charge in [-0.05, 0) is 55.4 Å². The average molecular weight is 365 g/mol. The molecular formula is C19H15N3OS2. The Morgan fingerprint density at radius 1 is 1.04 bits per heavy atom. The molecule has 0 aliphatic carbocycles.